The van der Waals surface area contributed by atoms with Crippen LogP contribution in [0.2, 0.25) is 0 Å². The van der Waals surface area contributed by atoms with Crippen LogP contribution in [0.15, 0.2) is 47.4 Å². The summed E-state index contributed by atoms with van der Waals surface area (Å²) >= 11 is 0. The van der Waals surface area contributed by atoms with Crippen LogP contribution in [-0.4, -0.2) is 53.8 Å². The van der Waals surface area contributed by atoms with E-state index in [1.54, 1.807) is 48.2 Å². The molecule has 2 aromatic carbocycles. The molecule has 30 heavy (non-hydrogen) atoms. The van der Waals surface area contributed by atoms with Crippen molar-refractivity contribution in [3.63, 3.8) is 0 Å². The number of nitrogens with zero attached hydrogens (tertiary/aromatic N) is 2. The second-order valence-corrected chi connectivity index (χ2v) is 10.5. The second-order valence-electron chi connectivity index (χ2n) is 6.82. The van der Waals surface area contributed by atoms with Gasteiger partial charge in [-0.3, -0.25) is 0 Å². The molecule has 0 saturated heterocycles. The first-order valence-electron chi connectivity index (χ1n) is 9.30. The molecule has 2 aromatic rings. The topological polar surface area (TPSA) is 96.0 Å². The fourth-order valence-corrected chi connectivity index (χ4v) is 5.21. The number of sulfonamides is 2. The zero-order valence-corrected chi connectivity index (χ0v) is 18.3. The highest BCUT2D eigenvalue weighted by Gasteiger charge is 2.28. The van der Waals surface area contributed by atoms with Gasteiger partial charge in [-0.05, 0) is 29.8 Å². The molecule has 8 nitrogen and oxygen atoms in total. The maximum atomic E-state index is 12.8. The average molecular weight is 458 g/mol. The molecule has 0 aromatic heterocycles. The summed E-state index contributed by atoms with van der Waals surface area (Å²) in [5.74, 6) is 0.795. The molecule has 0 amide bonds. The predicted octanol–water partition coefficient (Wildman–Crippen LogP) is 2.29. The van der Waals surface area contributed by atoms with E-state index in [0.29, 0.717) is 23.7 Å². The van der Waals surface area contributed by atoms with Crippen molar-refractivity contribution >= 4 is 25.7 Å². The fraction of sp³-hybridized carbons (Fsp3) is 0.368. The Kier molecular flexibility index (Phi) is 6.65. The largest absolute Gasteiger partial charge is 0.457 e. The minimum atomic E-state index is -3.70. The first-order valence-corrected chi connectivity index (χ1v) is 12.6. The number of halogens is 1. The first-order chi connectivity index (χ1) is 14.1. The number of rotatable bonds is 8. The van der Waals surface area contributed by atoms with Gasteiger partial charge in [-0.1, -0.05) is 19.1 Å². The maximum Gasteiger partial charge on any atom is 0.244 e. The lowest BCUT2D eigenvalue weighted by molar-refractivity contribution is 0.427. The average Bonchev–Trinajstić information content (AvgIpc) is 2.69. The lowest BCUT2D eigenvalue weighted by atomic mass is 10.2. The van der Waals surface area contributed by atoms with Crippen LogP contribution in [0.25, 0.3) is 0 Å². The van der Waals surface area contributed by atoms with Crippen molar-refractivity contribution in [2.24, 2.45) is 0 Å². The molecule has 1 heterocycles. The number of alkyl halides is 1. The van der Waals surface area contributed by atoms with E-state index in [-0.39, 0.29) is 24.7 Å². The van der Waals surface area contributed by atoms with E-state index in [9.17, 15) is 21.2 Å². The standard InChI is InChI=1S/C19H24FN3O5S2/c1-3-23(29(2,24)25)13-15-4-6-16(7-5-15)28-17-8-9-18-19(12-17)30(26,27)21-14-22(18)11-10-20/h4-9,12,21H,3,10-11,13-14H2,1-2H3. The highest BCUT2D eigenvalue weighted by molar-refractivity contribution is 7.89. The van der Waals surface area contributed by atoms with Gasteiger partial charge in [-0.15, -0.1) is 0 Å². The SMILES string of the molecule is CCN(Cc1ccc(Oc2ccc3c(c2)S(=O)(=O)NCN3CCF)cc1)S(C)(=O)=O. The van der Waals surface area contributed by atoms with Crippen LogP contribution in [0.4, 0.5) is 10.1 Å². The zero-order valence-electron chi connectivity index (χ0n) is 16.7. The number of hydrogen-bond acceptors (Lipinski definition) is 6. The summed E-state index contributed by atoms with van der Waals surface area (Å²) in [7, 11) is -6.99. The van der Waals surface area contributed by atoms with Gasteiger partial charge in [0.25, 0.3) is 0 Å². The Morgan fingerprint density at radius 1 is 1.17 bits per heavy atom. The van der Waals surface area contributed by atoms with E-state index in [2.05, 4.69) is 4.72 Å². The van der Waals surface area contributed by atoms with Gasteiger partial charge in [0.15, 0.2) is 0 Å². The van der Waals surface area contributed by atoms with Gasteiger partial charge in [0, 0.05) is 25.7 Å². The monoisotopic (exact) mass is 457 g/mol. The van der Waals surface area contributed by atoms with Crippen molar-refractivity contribution in [1.82, 2.24) is 9.03 Å². The quantitative estimate of drug-likeness (QED) is 0.654. The van der Waals surface area contributed by atoms with E-state index in [0.717, 1.165) is 5.56 Å². The lowest BCUT2D eigenvalue weighted by Gasteiger charge is -2.30. The van der Waals surface area contributed by atoms with Gasteiger partial charge in [0.2, 0.25) is 20.0 Å². The summed E-state index contributed by atoms with van der Waals surface area (Å²) in [6.07, 6.45) is 1.17. The van der Waals surface area contributed by atoms with E-state index in [1.165, 1.54) is 16.6 Å². The molecule has 0 radical (unpaired) electrons. The summed E-state index contributed by atoms with van der Waals surface area (Å²) in [6.45, 7) is 1.90. The van der Waals surface area contributed by atoms with Gasteiger partial charge in [-0.25, -0.2) is 21.2 Å². The summed E-state index contributed by atoms with van der Waals surface area (Å²) in [6, 6.07) is 11.5. The molecular formula is C19H24FN3O5S2. The third kappa shape index (κ3) is 5.09. The smallest absolute Gasteiger partial charge is 0.244 e. The van der Waals surface area contributed by atoms with Gasteiger partial charge in [0.05, 0.1) is 18.6 Å². The molecule has 3 rings (SSSR count). The molecule has 0 unspecified atom stereocenters. The van der Waals surface area contributed by atoms with Crippen LogP contribution in [0.1, 0.15) is 12.5 Å². The van der Waals surface area contributed by atoms with Gasteiger partial charge in [0.1, 0.15) is 23.1 Å². The minimum Gasteiger partial charge on any atom is -0.457 e. The van der Waals surface area contributed by atoms with Gasteiger partial charge >= 0.3 is 0 Å². The zero-order chi connectivity index (χ0) is 21.9. The van der Waals surface area contributed by atoms with Gasteiger partial charge in [-0.2, -0.15) is 9.03 Å². The molecule has 0 atom stereocenters. The Hall–Kier alpha value is -2.21. The number of fused-ring (bicyclic) bond motifs is 1. The molecule has 0 bridgehead atoms. The normalized spacial score (nSPS) is 15.8. The fourth-order valence-electron chi connectivity index (χ4n) is 3.13. The van der Waals surface area contributed by atoms with Gasteiger partial charge < -0.3 is 9.64 Å². The molecule has 164 valence electrons. The Morgan fingerprint density at radius 2 is 1.83 bits per heavy atom. The Morgan fingerprint density at radius 3 is 2.43 bits per heavy atom. The molecule has 1 aliphatic rings. The molecule has 0 spiro atoms. The number of benzene rings is 2. The molecule has 0 fully saturated rings. The van der Waals surface area contributed by atoms with Crippen molar-refractivity contribution in [3.05, 3.63) is 48.0 Å². The van der Waals surface area contributed by atoms with E-state index in [1.807, 2.05) is 0 Å². The molecule has 1 aliphatic heterocycles. The summed E-state index contributed by atoms with van der Waals surface area (Å²) in [5.41, 5.74) is 1.23. The number of anilines is 1. The van der Waals surface area contributed by atoms with Crippen LogP contribution in [-0.2, 0) is 26.6 Å². The van der Waals surface area contributed by atoms with Crippen LogP contribution in [0.3, 0.4) is 0 Å². The van der Waals surface area contributed by atoms with Crippen molar-refractivity contribution < 1.29 is 26.0 Å². The third-order valence-electron chi connectivity index (χ3n) is 4.70. The number of hydrogen-bond donors (Lipinski definition) is 1. The van der Waals surface area contributed by atoms with Crippen molar-refractivity contribution in [2.45, 2.75) is 18.4 Å². The summed E-state index contributed by atoms with van der Waals surface area (Å²) in [4.78, 5) is 1.64. The number of nitrogens with one attached hydrogen (secondary N) is 1. The minimum absolute atomic E-state index is 0.0170. The third-order valence-corrected chi connectivity index (χ3v) is 7.44. The molecule has 0 aliphatic carbocycles. The van der Waals surface area contributed by atoms with E-state index < -0.39 is 26.7 Å². The maximum absolute atomic E-state index is 12.8. The number of ether oxygens (including phenoxy) is 1. The molecular weight excluding hydrogens is 433 g/mol. The molecule has 1 N–H and O–H groups in total. The Bertz CT molecular complexity index is 1110. The highest BCUT2D eigenvalue weighted by atomic mass is 32.2. The van der Waals surface area contributed by atoms with Crippen LogP contribution >= 0.6 is 0 Å². The van der Waals surface area contributed by atoms with Crippen LogP contribution in [0.5, 0.6) is 11.5 Å². The van der Waals surface area contributed by atoms with Crippen molar-refractivity contribution in [3.8, 4) is 11.5 Å². The van der Waals surface area contributed by atoms with Crippen LogP contribution in [0, 0.1) is 0 Å². The summed E-state index contributed by atoms with van der Waals surface area (Å²) in [5, 5.41) is 0. The van der Waals surface area contributed by atoms with Crippen molar-refractivity contribution in [1.29, 1.82) is 0 Å². The Labute approximate surface area is 176 Å². The predicted molar refractivity (Wildman–Crippen MR) is 112 cm³/mol. The molecule has 0 saturated carbocycles. The van der Waals surface area contributed by atoms with E-state index >= 15 is 0 Å². The van der Waals surface area contributed by atoms with Crippen molar-refractivity contribution in [2.75, 3.05) is 37.6 Å². The second kappa shape index (κ2) is 8.88. The lowest BCUT2D eigenvalue weighted by Crippen LogP contribution is -2.44. The highest BCUT2D eigenvalue weighted by Crippen LogP contribution is 2.33. The molecule has 11 heteroatoms. The first kappa shape index (κ1) is 22.5. The summed E-state index contributed by atoms with van der Waals surface area (Å²) < 4.78 is 70.4. The van der Waals surface area contributed by atoms with Crippen LogP contribution < -0.4 is 14.4 Å². The Balaban J connectivity index is 1.79. The van der Waals surface area contributed by atoms with E-state index in [4.69, 9.17) is 4.74 Å².